The molecule has 0 aromatic heterocycles. The lowest BCUT2D eigenvalue weighted by molar-refractivity contribution is -0.780. The van der Waals surface area contributed by atoms with Crippen molar-refractivity contribution >= 4 is 5.91 Å². The molecule has 1 amide bonds. The molecule has 0 aromatic carbocycles. The fraction of sp³-hybridized carbons (Fsp3) is 0.875. The van der Waals surface area contributed by atoms with E-state index in [1.54, 1.807) is 0 Å². The Labute approximate surface area is 62.2 Å². The minimum Gasteiger partial charge on any atom is -0.248 e. The van der Waals surface area contributed by atoms with Crippen LogP contribution in [0.15, 0.2) is 0 Å². The maximum absolute atomic E-state index is 11.2. The first kappa shape index (κ1) is 7.73. The van der Waals surface area contributed by atoms with Crippen LogP contribution in [0.4, 0.5) is 0 Å². The molecule has 2 atom stereocenters. The van der Waals surface area contributed by atoms with E-state index in [2.05, 4.69) is 20.8 Å². The average Bonchev–Trinajstić information content (AvgIpc) is 2.38. The van der Waals surface area contributed by atoms with Crippen molar-refractivity contribution in [3.05, 3.63) is 0 Å². The number of hydrogen-bond donors (Lipinski definition) is 1. The largest absolute Gasteiger partial charge is 0.374 e. The highest BCUT2D eigenvalue weighted by molar-refractivity contribution is 5.87. The minimum atomic E-state index is -0.0336. The van der Waals surface area contributed by atoms with E-state index in [-0.39, 0.29) is 5.54 Å². The Hall–Kier alpha value is -0.370. The predicted octanol–water partition coefficient (Wildman–Crippen LogP) is -0.0114. The van der Waals surface area contributed by atoms with Crippen molar-refractivity contribution in [2.45, 2.75) is 45.7 Å². The van der Waals surface area contributed by atoms with Crippen molar-refractivity contribution in [3.8, 4) is 0 Å². The summed E-state index contributed by atoms with van der Waals surface area (Å²) in [6.45, 7) is 8.31. The van der Waals surface area contributed by atoms with Gasteiger partial charge in [-0.05, 0) is 13.8 Å². The van der Waals surface area contributed by atoms with Gasteiger partial charge in [0.05, 0.1) is 6.04 Å². The highest BCUT2D eigenvalue weighted by Gasteiger charge is 2.66. The summed E-state index contributed by atoms with van der Waals surface area (Å²) in [6.07, 6.45) is 0.972. The van der Waals surface area contributed by atoms with Crippen LogP contribution in [0.5, 0.6) is 0 Å². The maximum atomic E-state index is 11.2. The second kappa shape index (κ2) is 2.06. The topological polar surface area (TPSA) is 21.5 Å². The van der Waals surface area contributed by atoms with Crippen molar-refractivity contribution in [2.24, 2.45) is 0 Å². The van der Waals surface area contributed by atoms with E-state index in [0.717, 1.165) is 11.3 Å². The van der Waals surface area contributed by atoms with Gasteiger partial charge in [0.25, 0.3) is 0 Å². The lowest BCUT2D eigenvalue weighted by Crippen LogP contribution is -3.01. The third-order valence-electron chi connectivity index (χ3n) is 2.56. The van der Waals surface area contributed by atoms with Gasteiger partial charge in [0, 0.05) is 13.3 Å². The molecular formula is C8H16NO+. The molecule has 1 aliphatic heterocycles. The fourth-order valence-electron chi connectivity index (χ4n) is 1.66. The smallest absolute Gasteiger partial charge is 0.248 e. The van der Waals surface area contributed by atoms with Crippen LogP contribution in [-0.4, -0.2) is 17.5 Å². The number of carbonyl (C=O) groups excluding carboxylic acids is 1. The Morgan fingerprint density at radius 2 is 2.10 bits per heavy atom. The van der Waals surface area contributed by atoms with Crippen molar-refractivity contribution in [3.63, 3.8) is 0 Å². The predicted molar refractivity (Wildman–Crippen MR) is 39.8 cm³/mol. The molecule has 1 aliphatic rings. The second-order valence-electron chi connectivity index (χ2n) is 3.58. The molecule has 0 spiro atoms. The third kappa shape index (κ3) is 0.788. The molecule has 0 bridgehead atoms. The molecule has 58 valence electrons. The van der Waals surface area contributed by atoms with Gasteiger partial charge in [0.2, 0.25) is 5.54 Å². The van der Waals surface area contributed by atoms with Gasteiger partial charge in [-0.3, -0.25) is 0 Å². The highest BCUT2D eigenvalue weighted by atomic mass is 16.2. The van der Waals surface area contributed by atoms with Crippen LogP contribution in [0.1, 0.15) is 34.1 Å². The molecule has 2 unspecified atom stereocenters. The van der Waals surface area contributed by atoms with Crippen LogP contribution >= 0.6 is 0 Å². The summed E-state index contributed by atoms with van der Waals surface area (Å²) in [6, 6.07) is 0.456. The maximum Gasteiger partial charge on any atom is 0.374 e. The van der Waals surface area contributed by atoms with Gasteiger partial charge in [-0.15, -0.1) is 0 Å². The summed E-state index contributed by atoms with van der Waals surface area (Å²) in [5.74, 6) is 0.394. The summed E-state index contributed by atoms with van der Waals surface area (Å²) < 4.78 is 0. The molecule has 0 saturated carbocycles. The van der Waals surface area contributed by atoms with E-state index in [4.69, 9.17) is 0 Å². The number of hydrogen-bond acceptors (Lipinski definition) is 1. The monoisotopic (exact) mass is 142 g/mol. The fourth-order valence-corrected chi connectivity index (χ4v) is 1.66. The normalized spacial score (nSPS) is 38.9. The zero-order chi connectivity index (χ0) is 7.94. The van der Waals surface area contributed by atoms with Gasteiger partial charge < -0.3 is 0 Å². The average molecular weight is 142 g/mol. The zero-order valence-electron chi connectivity index (χ0n) is 7.19. The summed E-state index contributed by atoms with van der Waals surface area (Å²) in [4.78, 5) is 12.3. The number of rotatable bonds is 2. The van der Waals surface area contributed by atoms with Gasteiger partial charge in [0.1, 0.15) is 0 Å². The molecule has 0 aromatic rings. The van der Waals surface area contributed by atoms with Crippen LogP contribution in [0.3, 0.4) is 0 Å². The van der Waals surface area contributed by atoms with E-state index in [9.17, 15) is 4.79 Å². The Morgan fingerprint density at radius 1 is 1.60 bits per heavy atom. The van der Waals surface area contributed by atoms with Crippen molar-refractivity contribution in [1.82, 2.24) is 0 Å². The Balaban J connectivity index is 2.64. The number of amides is 1. The highest BCUT2D eigenvalue weighted by Crippen LogP contribution is 2.15. The van der Waals surface area contributed by atoms with Crippen LogP contribution in [-0.2, 0) is 4.79 Å². The van der Waals surface area contributed by atoms with E-state index in [1.165, 1.54) is 0 Å². The molecule has 10 heavy (non-hydrogen) atoms. The molecule has 1 fully saturated rings. The first-order valence-electron chi connectivity index (χ1n) is 3.96. The Bertz CT molecular complexity index is 165. The minimum absolute atomic E-state index is 0.0336. The summed E-state index contributed by atoms with van der Waals surface area (Å²) >= 11 is 0. The van der Waals surface area contributed by atoms with Gasteiger partial charge >= 0.3 is 5.91 Å². The molecule has 2 nitrogen and oxygen atoms in total. The molecule has 1 saturated heterocycles. The van der Waals surface area contributed by atoms with Crippen molar-refractivity contribution < 1.29 is 9.69 Å². The van der Waals surface area contributed by atoms with Crippen LogP contribution in [0.25, 0.3) is 0 Å². The SMILES string of the molecule is CCC1(C)C(=O)[NH+]1C(C)C. The van der Waals surface area contributed by atoms with Gasteiger partial charge in [-0.1, -0.05) is 6.92 Å². The summed E-state index contributed by atoms with van der Waals surface area (Å²) in [5, 5.41) is 0. The summed E-state index contributed by atoms with van der Waals surface area (Å²) in [7, 11) is 0. The molecule has 1 N–H and O–H groups in total. The van der Waals surface area contributed by atoms with E-state index in [1.807, 2.05) is 6.92 Å². The van der Waals surface area contributed by atoms with Crippen molar-refractivity contribution in [1.29, 1.82) is 0 Å². The number of carbonyl (C=O) groups is 1. The van der Waals surface area contributed by atoms with Crippen LogP contribution in [0, 0.1) is 0 Å². The lowest BCUT2D eigenvalue weighted by atomic mass is 10.1. The van der Waals surface area contributed by atoms with E-state index in [0.29, 0.717) is 11.9 Å². The van der Waals surface area contributed by atoms with E-state index < -0.39 is 0 Å². The quantitative estimate of drug-likeness (QED) is 0.538. The first-order chi connectivity index (χ1) is 4.54. The molecule has 1 heterocycles. The molecule has 2 heteroatoms. The lowest BCUT2D eigenvalue weighted by Gasteiger charge is -2.03. The standard InChI is InChI=1S/C8H15NO/c1-5-8(4)7(10)9(8)6(2)3/h6H,5H2,1-4H3/p+1. The van der Waals surface area contributed by atoms with Crippen molar-refractivity contribution in [2.75, 3.05) is 0 Å². The second-order valence-corrected chi connectivity index (χ2v) is 3.58. The number of quaternary nitrogens is 1. The first-order valence-corrected chi connectivity index (χ1v) is 3.96. The Morgan fingerprint density at radius 3 is 2.20 bits per heavy atom. The van der Waals surface area contributed by atoms with Gasteiger partial charge in [-0.25, -0.2) is 9.69 Å². The van der Waals surface area contributed by atoms with Crippen LogP contribution in [0.2, 0.25) is 0 Å². The summed E-state index contributed by atoms with van der Waals surface area (Å²) in [5.41, 5.74) is -0.0336. The molecular weight excluding hydrogens is 126 g/mol. The Kier molecular flexibility index (Phi) is 1.59. The molecule has 0 aliphatic carbocycles. The number of nitrogens with one attached hydrogen (secondary N) is 1. The third-order valence-corrected chi connectivity index (χ3v) is 2.56. The zero-order valence-corrected chi connectivity index (χ0v) is 7.19. The van der Waals surface area contributed by atoms with E-state index >= 15 is 0 Å². The molecule has 1 rings (SSSR count). The van der Waals surface area contributed by atoms with Gasteiger partial charge in [-0.2, -0.15) is 0 Å². The molecule has 0 radical (unpaired) electrons. The van der Waals surface area contributed by atoms with Crippen LogP contribution < -0.4 is 4.90 Å². The van der Waals surface area contributed by atoms with Gasteiger partial charge in [0.15, 0.2) is 0 Å².